The minimum absolute atomic E-state index is 0.108. The predicted molar refractivity (Wildman–Crippen MR) is 74.4 cm³/mol. The van der Waals surface area contributed by atoms with Crippen LogP contribution in [-0.2, 0) is 4.79 Å². The third-order valence-electron chi connectivity index (χ3n) is 2.28. The number of hydrogen-bond donors (Lipinski definition) is 1. The zero-order valence-corrected chi connectivity index (χ0v) is 11.4. The summed E-state index contributed by atoms with van der Waals surface area (Å²) in [6, 6.07) is 6.57. The first-order valence-electron chi connectivity index (χ1n) is 5.33. The molecule has 0 fully saturated rings. The molecule has 0 saturated heterocycles. The minimum atomic E-state index is -0.599. The van der Waals surface area contributed by atoms with Gasteiger partial charge in [-0.15, -0.1) is 10.2 Å². The van der Waals surface area contributed by atoms with Crippen molar-refractivity contribution in [2.45, 2.75) is 0 Å². The van der Waals surface area contributed by atoms with Crippen LogP contribution in [0, 0.1) is 11.3 Å². The van der Waals surface area contributed by atoms with E-state index in [0.717, 1.165) is 0 Å². The van der Waals surface area contributed by atoms with E-state index in [1.165, 1.54) is 29.5 Å². The molecule has 1 heterocycles. The number of nitrogens with zero attached hydrogens (tertiary/aromatic N) is 4. The van der Waals surface area contributed by atoms with E-state index in [-0.39, 0.29) is 5.57 Å². The van der Waals surface area contributed by atoms with Gasteiger partial charge in [0.15, 0.2) is 0 Å². The number of nitrogens with one attached hydrogen (secondary N) is 1. The highest BCUT2D eigenvalue weighted by molar-refractivity contribution is 6.35. The van der Waals surface area contributed by atoms with Crippen LogP contribution >= 0.6 is 23.2 Å². The summed E-state index contributed by atoms with van der Waals surface area (Å²) < 4.78 is 1.23. The lowest BCUT2D eigenvalue weighted by molar-refractivity contribution is -0.113. The van der Waals surface area contributed by atoms with Gasteiger partial charge in [-0.25, -0.2) is 4.68 Å². The topological polar surface area (TPSA) is 83.6 Å². The number of carbonyl (C=O) groups excluding carboxylic acids is 1. The monoisotopic (exact) mass is 307 g/mol. The molecule has 20 heavy (non-hydrogen) atoms. The van der Waals surface area contributed by atoms with Crippen LogP contribution in [-0.4, -0.2) is 20.8 Å². The lowest BCUT2D eigenvalue weighted by Gasteiger charge is -2.04. The van der Waals surface area contributed by atoms with Crippen LogP contribution in [0.2, 0.25) is 10.0 Å². The van der Waals surface area contributed by atoms with Crippen molar-refractivity contribution in [2.75, 3.05) is 5.43 Å². The Morgan fingerprint density at radius 2 is 2.05 bits per heavy atom. The fraction of sp³-hybridized carbons (Fsp3) is 0. The van der Waals surface area contributed by atoms with E-state index in [1.807, 2.05) is 6.07 Å². The summed E-state index contributed by atoms with van der Waals surface area (Å²) in [5, 5.41) is 16.9. The number of benzene rings is 1. The normalized spacial score (nSPS) is 10.9. The van der Waals surface area contributed by atoms with Gasteiger partial charge in [0.05, 0.1) is 0 Å². The molecule has 100 valence electrons. The maximum absolute atomic E-state index is 11.9. The van der Waals surface area contributed by atoms with Crippen LogP contribution in [0.3, 0.4) is 0 Å². The Morgan fingerprint density at radius 1 is 1.35 bits per heavy atom. The second-order valence-corrected chi connectivity index (χ2v) is 4.49. The minimum Gasteiger partial charge on any atom is -0.267 e. The van der Waals surface area contributed by atoms with Gasteiger partial charge in [0, 0.05) is 10.0 Å². The highest BCUT2D eigenvalue weighted by Gasteiger charge is 2.10. The molecule has 8 heteroatoms. The molecule has 1 aromatic heterocycles. The molecule has 1 amide bonds. The number of amides is 1. The van der Waals surface area contributed by atoms with Crippen molar-refractivity contribution in [1.82, 2.24) is 14.9 Å². The number of carbonyl (C=O) groups is 1. The smallest absolute Gasteiger partial charge is 0.267 e. The van der Waals surface area contributed by atoms with E-state index < -0.39 is 5.91 Å². The fourth-order valence-electron chi connectivity index (χ4n) is 1.36. The molecule has 0 atom stereocenters. The summed E-state index contributed by atoms with van der Waals surface area (Å²) in [6.45, 7) is 0. The number of nitriles is 1. The Hall–Kier alpha value is -2.36. The van der Waals surface area contributed by atoms with Crippen molar-refractivity contribution in [1.29, 1.82) is 5.26 Å². The Labute approximate surface area is 124 Å². The first kappa shape index (κ1) is 14.1. The fourth-order valence-corrected chi connectivity index (χ4v) is 1.82. The summed E-state index contributed by atoms with van der Waals surface area (Å²) in [4.78, 5) is 11.9. The molecule has 0 aliphatic rings. The van der Waals surface area contributed by atoms with E-state index >= 15 is 0 Å². The lowest BCUT2D eigenvalue weighted by Crippen LogP contribution is -2.22. The number of aromatic nitrogens is 3. The van der Waals surface area contributed by atoms with Crippen LogP contribution in [0.4, 0.5) is 0 Å². The van der Waals surface area contributed by atoms with Gasteiger partial charge in [-0.1, -0.05) is 29.3 Å². The molecular formula is C12H7Cl2N5O. The molecule has 0 aliphatic heterocycles. The Kier molecular flexibility index (Phi) is 4.35. The predicted octanol–water partition coefficient (Wildman–Crippen LogP) is 2.26. The highest BCUT2D eigenvalue weighted by atomic mass is 35.5. The molecule has 2 aromatic rings. The summed E-state index contributed by atoms with van der Waals surface area (Å²) in [5.41, 5.74) is 2.83. The van der Waals surface area contributed by atoms with Crippen LogP contribution in [0.5, 0.6) is 0 Å². The Bertz CT molecular complexity index is 703. The first-order chi connectivity index (χ1) is 9.60. The maximum Gasteiger partial charge on any atom is 0.280 e. The van der Waals surface area contributed by atoms with E-state index in [1.54, 1.807) is 12.1 Å². The Balaban J connectivity index is 2.25. The molecule has 0 unspecified atom stereocenters. The van der Waals surface area contributed by atoms with Crippen molar-refractivity contribution in [3.63, 3.8) is 0 Å². The van der Waals surface area contributed by atoms with E-state index in [0.29, 0.717) is 15.6 Å². The highest BCUT2D eigenvalue weighted by Crippen LogP contribution is 2.23. The third-order valence-corrected chi connectivity index (χ3v) is 2.84. The molecule has 0 saturated carbocycles. The summed E-state index contributed by atoms with van der Waals surface area (Å²) in [6.07, 6.45) is 3.96. The molecular weight excluding hydrogens is 301 g/mol. The van der Waals surface area contributed by atoms with Gasteiger partial charge in [0.2, 0.25) is 0 Å². The zero-order valence-electron chi connectivity index (χ0n) is 9.92. The summed E-state index contributed by atoms with van der Waals surface area (Å²) in [5.74, 6) is -0.599. The van der Waals surface area contributed by atoms with Gasteiger partial charge in [-0.3, -0.25) is 10.2 Å². The lowest BCUT2D eigenvalue weighted by atomic mass is 10.1. The van der Waals surface area contributed by atoms with Crippen molar-refractivity contribution in [3.8, 4) is 6.07 Å². The molecule has 1 N–H and O–H groups in total. The summed E-state index contributed by atoms with van der Waals surface area (Å²) >= 11 is 11.8. The maximum atomic E-state index is 11.9. The van der Waals surface area contributed by atoms with Crippen LogP contribution in [0.25, 0.3) is 6.08 Å². The third kappa shape index (κ3) is 3.35. The second-order valence-electron chi connectivity index (χ2n) is 3.65. The summed E-state index contributed by atoms with van der Waals surface area (Å²) in [7, 11) is 0. The standard InChI is InChI=1S/C12H7Cl2N5O/c13-10-2-1-8(11(14)4-10)3-9(5-15)12(20)18-19-6-16-17-7-19/h1-4,6-7H,(H,18,20)/b9-3+. The SMILES string of the molecule is N#C/C(=C\c1ccc(Cl)cc1Cl)C(=O)Nn1cnnc1. The van der Waals surface area contributed by atoms with Crippen molar-refractivity contribution >= 4 is 35.2 Å². The zero-order chi connectivity index (χ0) is 14.5. The van der Waals surface area contributed by atoms with E-state index in [9.17, 15) is 4.79 Å². The number of hydrogen-bond acceptors (Lipinski definition) is 4. The van der Waals surface area contributed by atoms with Gasteiger partial charge in [0.25, 0.3) is 5.91 Å². The van der Waals surface area contributed by atoms with Gasteiger partial charge in [0.1, 0.15) is 24.3 Å². The molecule has 2 rings (SSSR count). The van der Waals surface area contributed by atoms with Gasteiger partial charge >= 0.3 is 0 Å². The van der Waals surface area contributed by atoms with Crippen molar-refractivity contribution in [3.05, 3.63) is 52.0 Å². The first-order valence-corrected chi connectivity index (χ1v) is 6.08. The van der Waals surface area contributed by atoms with Crippen molar-refractivity contribution < 1.29 is 4.79 Å². The van der Waals surface area contributed by atoms with Gasteiger partial charge in [-0.05, 0) is 23.8 Å². The van der Waals surface area contributed by atoms with Gasteiger partial charge in [-0.2, -0.15) is 5.26 Å². The van der Waals surface area contributed by atoms with E-state index in [2.05, 4.69) is 15.6 Å². The van der Waals surface area contributed by atoms with Crippen LogP contribution in [0.15, 0.2) is 36.4 Å². The van der Waals surface area contributed by atoms with Gasteiger partial charge < -0.3 is 0 Å². The largest absolute Gasteiger partial charge is 0.280 e. The molecule has 0 spiro atoms. The van der Waals surface area contributed by atoms with Crippen molar-refractivity contribution in [2.24, 2.45) is 0 Å². The quantitative estimate of drug-likeness (QED) is 0.696. The second kappa shape index (κ2) is 6.19. The molecule has 0 bridgehead atoms. The number of halogens is 2. The average Bonchev–Trinajstić information content (AvgIpc) is 2.90. The Morgan fingerprint density at radius 3 is 2.65 bits per heavy atom. The number of rotatable bonds is 3. The molecule has 1 aromatic carbocycles. The van der Waals surface area contributed by atoms with Crippen LogP contribution in [0.1, 0.15) is 5.56 Å². The average molecular weight is 308 g/mol. The molecule has 0 aliphatic carbocycles. The van der Waals surface area contributed by atoms with Crippen LogP contribution < -0.4 is 5.43 Å². The molecule has 6 nitrogen and oxygen atoms in total. The molecule has 0 radical (unpaired) electrons. The van der Waals surface area contributed by atoms with E-state index in [4.69, 9.17) is 28.5 Å².